The molecule has 0 radical (unpaired) electrons. The van der Waals surface area contributed by atoms with Gasteiger partial charge in [-0.25, -0.2) is 0 Å². The van der Waals surface area contributed by atoms with Crippen molar-refractivity contribution in [3.05, 3.63) is 0 Å². The Bertz CT molecular complexity index is 296. The molecule has 0 bridgehead atoms. The van der Waals surface area contributed by atoms with Gasteiger partial charge in [0.15, 0.2) is 0 Å². The fourth-order valence-corrected chi connectivity index (χ4v) is 5.22. The highest BCUT2D eigenvalue weighted by Gasteiger charge is 2.41. The highest BCUT2D eigenvalue weighted by molar-refractivity contribution is 4.92. The summed E-state index contributed by atoms with van der Waals surface area (Å²) in [6, 6.07) is 0. The standard InChI is InChI=1S/C20H39N/c1-5-13-21-15-17-11-12-20(3,4)14-19(17)18-10-8-7-9-16(18)6-2/h16-19,21H,5-15H2,1-4H3. The van der Waals surface area contributed by atoms with Crippen LogP contribution in [0.2, 0.25) is 0 Å². The fourth-order valence-electron chi connectivity index (χ4n) is 5.22. The lowest BCUT2D eigenvalue weighted by Crippen LogP contribution is -2.42. The minimum Gasteiger partial charge on any atom is -0.316 e. The van der Waals surface area contributed by atoms with Gasteiger partial charge < -0.3 is 5.32 Å². The molecule has 0 aromatic carbocycles. The average molecular weight is 294 g/mol. The predicted octanol–water partition coefficient (Wildman–Crippen LogP) is 5.64. The Kier molecular flexibility index (Phi) is 6.59. The van der Waals surface area contributed by atoms with Gasteiger partial charge in [-0.05, 0) is 74.3 Å². The minimum absolute atomic E-state index is 0.585. The van der Waals surface area contributed by atoms with Crippen molar-refractivity contribution in [3.8, 4) is 0 Å². The van der Waals surface area contributed by atoms with Gasteiger partial charge in [0, 0.05) is 0 Å². The van der Waals surface area contributed by atoms with Gasteiger partial charge in [-0.15, -0.1) is 0 Å². The molecule has 1 heteroatoms. The van der Waals surface area contributed by atoms with Gasteiger partial charge in [0.25, 0.3) is 0 Å². The average Bonchev–Trinajstić information content (AvgIpc) is 2.48. The van der Waals surface area contributed by atoms with Gasteiger partial charge in [0.1, 0.15) is 0 Å². The summed E-state index contributed by atoms with van der Waals surface area (Å²) in [4.78, 5) is 0. The van der Waals surface area contributed by atoms with Crippen molar-refractivity contribution in [3.63, 3.8) is 0 Å². The van der Waals surface area contributed by atoms with Crippen molar-refractivity contribution in [2.24, 2.45) is 29.1 Å². The van der Waals surface area contributed by atoms with Crippen LogP contribution in [0.15, 0.2) is 0 Å². The molecule has 2 fully saturated rings. The van der Waals surface area contributed by atoms with Crippen molar-refractivity contribution in [2.45, 2.75) is 85.5 Å². The first-order valence-electron chi connectivity index (χ1n) is 9.78. The molecule has 0 saturated heterocycles. The number of nitrogens with one attached hydrogen (secondary N) is 1. The SMILES string of the molecule is CCCNCC1CCC(C)(C)CC1C1CCCCC1CC. The lowest BCUT2D eigenvalue weighted by molar-refractivity contribution is 0.0289. The molecule has 0 heterocycles. The molecule has 0 amide bonds. The number of rotatable bonds is 6. The Morgan fingerprint density at radius 2 is 1.71 bits per heavy atom. The molecule has 4 unspecified atom stereocenters. The normalized spacial score (nSPS) is 36.6. The third-order valence-electron chi connectivity index (χ3n) is 6.46. The van der Waals surface area contributed by atoms with Gasteiger partial charge >= 0.3 is 0 Å². The molecule has 4 atom stereocenters. The first-order chi connectivity index (χ1) is 10.1. The van der Waals surface area contributed by atoms with E-state index in [9.17, 15) is 0 Å². The molecular weight excluding hydrogens is 254 g/mol. The van der Waals surface area contributed by atoms with Crippen LogP contribution in [0.1, 0.15) is 85.5 Å². The molecule has 0 aromatic heterocycles. The van der Waals surface area contributed by atoms with Crippen LogP contribution in [-0.4, -0.2) is 13.1 Å². The number of hydrogen-bond donors (Lipinski definition) is 1. The van der Waals surface area contributed by atoms with E-state index in [0.717, 1.165) is 23.7 Å². The van der Waals surface area contributed by atoms with Crippen LogP contribution in [0.4, 0.5) is 0 Å². The molecule has 0 spiro atoms. The molecule has 21 heavy (non-hydrogen) atoms. The van der Waals surface area contributed by atoms with E-state index in [-0.39, 0.29) is 0 Å². The maximum Gasteiger partial charge on any atom is -0.00178 e. The van der Waals surface area contributed by atoms with Crippen LogP contribution >= 0.6 is 0 Å². The Balaban J connectivity index is 2.04. The summed E-state index contributed by atoms with van der Waals surface area (Å²) < 4.78 is 0. The Morgan fingerprint density at radius 3 is 2.43 bits per heavy atom. The molecule has 2 aliphatic rings. The summed E-state index contributed by atoms with van der Waals surface area (Å²) in [5.41, 5.74) is 0.585. The summed E-state index contributed by atoms with van der Waals surface area (Å²) >= 11 is 0. The van der Waals surface area contributed by atoms with E-state index in [1.807, 2.05) is 0 Å². The highest BCUT2D eigenvalue weighted by atomic mass is 14.9. The zero-order chi connectivity index (χ0) is 15.3. The molecule has 2 rings (SSSR count). The van der Waals surface area contributed by atoms with Crippen LogP contribution in [0.25, 0.3) is 0 Å². The van der Waals surface area contributed by atoms with E-state index >= 15 is 0 Å². The second-order valence-corrected chi connectivity index (χ2v) is 8.65. The van der Waals surface area contributed by atoms with Crippen molar-refractivity contribution in [1.29, 1.82) is 0 Å². The molecule has 0 aliphatic heterocycles. The first-order valence-corrected chi connectivity index (χ1v) is 9.78. The van der Waals surface area contributed by atoms with E-state index in [2.05, 4.69) is 33.0 Å². The van der Waals surface area contributed by atoms with Gasteiger partial charge in [-0.3, -0.25) is 0 Å². The van der Waals surface area contributed by atoms with E-state index in [1.54, 1.807) is 0 Å². The van der Waals surface area contributed by atoms with E-state index in [1.165, 1.54) is 70.9 Å². The smallest absolute Gasteiger partial charge is 0.00178 e. The lowest BCUT2D eigenvalue weighted by atomic mass is 9.58. The minimum atomic E-state index is 0.585. The highest BCUT2D eigenvalue weighted by Crippen LogP contribution is 2.50. The molecule has 1 nitrogen and oxygen atoms in total. The van der Waals surface area contributed by atoms with Crippen molar-refractivity contribution in [2.75, 3.05) is 13.1 Å². The Morgan fingerprint density at radius 1 is 0.952 bits per heavy atom. The quantitative estimate of drug-likeness (QED) is 0.624. The summed E-state index contributed by atoms with van der Waals surface area (Å²) in [7, 11) is 0. The summed E-state index contributed by atoms with van der Waals surface area (Å²) in [5.74, 6) is 3.98. The summed E-state index contributed by atoms with van der Waals surface area (Å²) in [5, 5.41) is 3.73. The van der Waals surface area contributed by atoms with E-state index in [4.69, 9.17) is 0 Å². The van der Waals surface area contributed by atoms with Gasteiger partial charge in [0.2, 0.25) is 0 Å². The van der Waals surface area contributed by atoms with Crippen LogP contribution < -0.4 is 5.32 Å². The third-order valence-corrected chi connectivity index (χ3v) is 6.46. The monoisotopic (exact) mass is 293 g/mol. The van der Waals surface area contributed by atoms with Gasteiger partial charge in [-0.1, -0.05) is 53.4 Å². The van der Waals surface area contributed by atoms with Crippen LogP contribution in [-0.2, 0) is 0 Å². The Hall–Kier alpha value is -0.0400. The van der Waals surface area contributed by atoms with Crippen molar-refractivity contribution >= 4 is 0 Å². The van der Waals surface area contributed by atoms with Crippen LogP contribution in [0.5, 0.6) is 0 Å². The maximum absolute atomic E-state index is 3.73. The van der Waals surface area contributed by atoms with Crippen LogP contribution in [0, 0.1) is 29.1 Å². The first kappa shape index (κ1) is 17.3. The maximum atomic E-state index is 3.73. The van der Waals surface area contributed by atoms with E-state index < -0.39 is 0 Å². The molecule has 2 aliphatic carbocycles. The second kappa shape index (κ2) is 7.99. The molecule has 2 saturated carbocycles. The van der Waals surface area contributed by atoms with Crippen LogP contribution in [0.3, 0.4) is 0 Å². The van der Waals surface area contributed by atoms with Gasteiger partial charge in [-0.2, -0.15) is 0 Å². The molecular formula is C20H39N. The summed E-state index contributed by atoms with van der Waals surface area (Å²) in [6.45, 7) is 12.2. The molecule has 124 valence electrons. The Labute approximate surface area is 133 Å². The zero-order valence-corrected chi connectivity index (χ0v) is 15.1. The largest absolute Gasteiger partial charge is 0.316 e. The second-order valence-electron chi connectivity index (χ2n) is 8.65. The molecule has 1 N–H and O–H groups in total. The fraction of sp³-hybridized carbons (Fsp3) is 1.00. The van der Waals surface area contributed by atoms with Crippen molar-refractivity contribution < 1.29 is 0 Å². The predicted molar refractivity (Wildman–Crippen MR) is 93.5 cm³/mol. The van der Waals surface area contributed by atoms with E-state index in [0.29, 0.717) is 5.41 Å². The zero-order valence-electron chi connectivity index (χ0n) is 15.1. The topological polar surface area (TPSA) is 12.0 Å². The number of hydrogen-bond acceptors (Lipinski definition) is 1. The molecule has 0 aromatic rings. The van der Waals surface area contributed by atoms with Gasteiger partial charge in [0.05, 0.1) is 0 Å². The lowest BCUT2D eigenvalue weighted by Gasteiger charge is -2.48. The van der Waals surface area contributed by atoms with Crippen molar-refractivity contribution in [1.82, 2.24) is 5.32 Å². The summed E-state index contributed by atoms with van der Waals surface area (Å²) in [6.07, 6.45) is 13.1. The third kappa shape index (κ3) is 4.71.